The first-order valence-electron chi connectivity index (χ1n) is 6.66. The summed E-state index contributed by atoms with van der Waals surface area (Å²) in [6, 6.07) is 4.60. The van der Waals surface area contributed by atoms with Gasteiger partial charge in [-0.25, -0.2) is 4.98 Å². The summed E-state index contributed by atoms with van der Waals surface area (Å²) < 4.78 is 3.06. The number of aromatic amines is 1. The lowest BCUT2D eigenvalue weighted by molar-refractivity contribution is 0.355. The molecule has 96 valence electrons. The van der Waals surface area contributed by atoms with Gasteiger partial charge in [0, 0.05) is 11.7 Å². The molecule has 0 saturated heterocycles. The van der Waals surface area contributed by atoms with Gasteiger partial charge in [0.15, 0.2) is 10.4 Å². The molecule has 18 heavy (non-hydrogen) atoms. The molecular formula is C14H19N3S. The first-order valence-corrected chi connectivity index (χ1v) is 7.06. The molecule has 0 amide bonds. The zero-order chi connectivity index (χ0) is 12.9. The molecule has 2 aromatic rings. The molecule has 0 aromatic carbocycles. The molecule has 1 aliphatic carbocycles. The van der Waals surface area contributed by atoms with E-state index >= 15 is 0 Å². The molecule has 2 heterocycles. The average molecular weight is 261 g/mol. The van der Waals surface area contributed by atoms with Gasteiger partial charge in [-0.05, 0) is 56.0 Å². The fourth-order valence-corrected chi connectivity index (χ4v) is 3.44. The second-order valence-corrected chi connectivity index (χ2v) is 5.99. The summed E-state index contributed by atoms with van der Waals surface area (Å²) in [5.41, 5.74) is 3.12. The van der Waals surface area contributed by atoms with Crippen LogP contribution in [-0.4, -0.2) is 14.5 Å². The van der Waals surface area contributed by atoms with Crippen molar-refractivity contribution >= 4 is 23.4 Å². The van der Waals surface area contributed by atoms with Crippen molar-refractivity contribution in [2.75, 3.05) is 0 Å². The smallest absolute Gasteiger partial charge is 0.179 e. The summed E-state index contributed by atoms with van der Waals surface area (Å²) in [6.07, 6.45) is 2.49. The Morgan fingerprint density at radius 1 is 1.33 bits per heavy atom. The lowest BCUT2D eigenvalue weighted by Gasteiger charge is -2.20. The second-order valence-electron chi connectivity index (χ2n) is 5.61. The van der Waals surface area contributed by atoms with Crippen LogP contribution in [0.15, 0.2) is 12.1 Å². The summed E-state index contributed by atoms with van der Waals surface area (Å²) in [7, 11) is 0. The average Bonchev–Trinajstić information content (AvgIpc) is 2.81. The van der Waals surface area contributed by atoms with E-state index in [1.807, 2.05) is 13.0 Å². The zero-order valence-corrected chi connectivity index (χ0v) is 11.9. The van der Waals surface area contributed by atoms with Crippen molar-refractivity contribution in [2.24, 2.45) is 11.8 Å². The Morgan fingerprint density at radius 3 is 2.78 bits per heavy atom. The first-order chi connectivity index (χ1) is 8.58. The highest BCUT2D eigenvalue weighted by Gasteiger charge is 2.32. The van der Waals surface area contributed by atoms with Crippen LogP contribution in [0.3, 0.4) is 0 Å². The standard InChI is InChI=1S/C14H19N3S/c1-8-4-7-12(10(8)3)17-13-11(16-14(17)18)6-5-9(2)15-13/h5-6,8,10,12H,4,7H2,1-3H3,(H,16,18). The Kier molecular flexibility index (Phi) is 2.77. The van der Waals surface area contributed by atoms with Gasteiger partial charge in [-0.2, -0.15) is 0 Å². The van der Waals surface area contributed by atoms with Crippen LogP contribution in [0.5, 0.6) is 0 Å². The third kappa shape index (κ3) is 1.70. The number of imidazole rings is 1. The molecule has 3 unspecified atom stereocenters. The fraction of sp³-hybridized carbons (Fsp3) is 0.571. The van der Waals surface area contributed by atoms with E-state index in [2.05, 4.69) is 34.4 Å². The molecule has 2 aromatic heterocycles. The number of H-pyrrole nitrogens is 1. The van der Waals surface area contributed by atoms with Crippen LogP contribution in [0, 0.1) is 23.5 Å². The summed E-state index contributed by atoms with van der Waals surface area (Å²) in [6.45, 7) is 6.70. The van der Waals surface area contributed by atoms with Gasteiger partial charge < -0.3 is 4.98 Å². The van der Waals surface area contributed by atoms with E-state index in [-0.39, 0.29) is 0 Å². The van der Waals surface area contributed by atoms with Gasteiger partial charge in [0.1, 0.15) is 0 Å². The lowest BCUT2D eigenvalue weighted by Crippen LogP contribution is -2.15. The van der Waals surface area contributed by atoms with Gasteiger partial charge in [-0.3, -0.25) is 4.57 Å². The fourth-order valence-electron chi connectivity index (χ4n) is 3.11. The second kappa shape index (κ2) is 4.19. The van der Waals surface area contributed by atoms with Crippen molar-refractivity contribution in [1.29, 1.82) is 0 Å². The molecule has 1 saturated carbocycles. The Morgan fingerprint density at radius 2 is 2.11 bits per heavy atom. The number of hydrogen-bond acceptors (Lipinski definition) is 2. The van der Waals surface area contributed by atoms with Gasteiger partial charge in [0.2, 0.25) is 0 Å². The summed E-state index contributed by atoms with van der Waals surface area (Å²) >= 11 is 5.49. The van der Waals surface area contributed by atoms with E-state index in [1.165, 1.54) is 12.8 Å². The van der Waals surface area contributed by atoms with E-state index in [0.29, 0.717) is 12.0 Å². The van der Waals surface area contributed by atoms with Gasteiger partial charge in [-0.1, -0.05) is 13.8 Å². The highest BCUT2D eigenvalue weighted by atomic mass is 32.1. The van der Waals surface area contributed by atoms with Crippen LogP contribution in [-0.2, 0) is 0 Å². The summed E-state index contributed by atoms with van der Waals surface area (Å²) in [4.78, 5) is 7.95. The van der Waals surface area contributed by atoms with Gasteiger partial charge in [0.05, 0.1) is 5.52 Å². The number of hydrogen-bond donors (Lipinski definition) is 1. The van der Waals surface area contributed by atoms with Gasteiger partial charge in [0.25, 0.3) is 0 Å². The van der Waals surface area contributed by atoms with Crippen molar-refractivity contribution in [3.63, 3.8) is 0 Å². The number of aromatic nitrogens is 3. The molecule has 0 aliphatic heterocycles. The topological polar surface area (TPSA) is 33.6 Å². The predicted octanol–water partition coefficient (Wildman–Crippen LogP) is 4.01. The normalized spacial score (nSPS) is 28.1. The third-order valence-electron chi connectivity index (χ3n) is 4.46. The molecule has 4 heteroatoms. The SMILES string of the molecule is Cc1ccc2[nH]c(=S)n(C3CCC(C)C3C)c2n1. The molecule has 1 aliphatic rings. The molecular weight excluding hydrogens is 242 g/mol. The quantitative estimate of drug-likeness (QED) is 0.787. The van der Waals surface area contributed by atoms with Gasteiger partial charge >= 0.3 is 0 Å². The van der Waals surface area contributed by atoms with Crippen LogP contribution < -0.4 is 0 Å². The van der Waals surface area contributed by atoms with Crippen molar-refractivity contribution < 1.29 is 0 Å². The van der Waals surface area contributed by atoms with Crippen LogP contribution in [0.25, 0.3) is 11.2 Å². The summed E-state index contributed by atoms with van der Waals surface area (Å²) in [5, 5.41) is 0. The molecule has 0 spiro atoms. The molecule has 3 atom stereocenters. The number of nitrogens with zero attached hydrogens (tertiary/aromatic N) is 2. The Hall–Kier alpha value is -1.16. The molecule has 1 N–H and O–H groups in total. The van der Waals surface area contributed by atoms with Crippen LogP contribution in [0.1, 0.15) is 38.4 Å². The van der Waals surface area contributed by atoms with Crippen molar-refractivity contribution in [3.8, 4) is 0 Å². The lowest BCUT2D eigenvalue weighted by atomic mass is 9.98. The molecule has 0 bridgehead atoms. The predicted molar refractivity (Wildman–Crippen MR) is 76.3 cm³/mol. The Labute approximate surface area is 112 Å². The summed E-state index contributed by atoms with van der Waals surface area (Å²) in [5.74, 6) is 1.43. The Bertz CT molecular complexity index is 640. The van der Waals surface area contributed by atoms with Gasteiger partial charge in [-0.15, -0.1) is 0 Å². The van der Waals surface area contributed by atoms with Crippen LogP contribution >= 0.6 is 12.2 Å². The van der Waals surface area contributed by atoms with E-state index < -0.39 is 0 Å². The van der Waals surface area contributed by atoms with Crippen molar-refractivity contribution in [3.05, 3.63) is 22.6 Å². The number of aryl methyl sites for hydroxylation is 1. The van der Waals surface area contributed by atoms with Crippen molar-refractivity contribution in [1.82, 2.24) is 14.5 Å². The Balaban J connectivity index is 2.19. The monoisotopic (exact) mass is 261 g/mol. The molecule has 3 rings (SSSR count). The van der Waals surface area contributed by atoms with E-state index in [4.69, 9.17) is 12.2 Å². The zero-order valence-electron chi connectivity index (χ0n) is 11.1. The maximum Gasteiger partial charge on any atom is 0.179 e. The number of fused-ring (bicyclic) bond motifs is 1. The van der Waals surface area contributed by atoms with Crippen molar-refractivity contribution in [2.45, 2.75) is 39.7 Å². The minimum absolute atomic E-state index is 0.496. The van der Waals surface area contributed by atoms with E-state index in [1.54, 1.807) is 0 Å². The third-order valence-corrected chi connectivity index (χ3v) is 4.76. The van der Waals surface area contributed by atoms with Crippen LogP contribution in [0.4, 0.5) is 0 Å². The maximum atomic E-state index is 5.49. The molecule has 0 radical (unpaired) electrons. The first kappa shape index (κ1) is 11.9. The van der Waals surface area contributed by atoms with Crippen LogP contribution in [0.2, 0.25) is 0 Å². The minimum Gasteiger partial charge on any atom is -0.329 e. The highest BCUT2D eigenvalue weighted by molar-refractivity contribution is 7.71. The highest BCUT2D eigenvalue weighted by Crippen LogP contribution is 2.41. The maximum absolute atomic E-state index is 5.49. The number of pyridine rings is 1. The minimum atomic E-state index is 0.496. The number of nitrogens with one attached hydrogen (secondary N) is 1. The largest absolute Gasteiger partial charge is 0.329 e. The molecule has 3 nitrogen and oxygen atoms in total. The van der Waals surface area contributed by atoms with E-state index in [9.17, 15) is 0 Å². The van der Waals surface area contributed by atoms with E-state index in [0.717, 1.165) is 27.5 Å². The molecule has 1 fully saturated rings. The number of rotatable bonds is 1.